The number of nitrogens with zero attached hydrogens (tertiary/aromatic N) is 1. The number of rotatable bonds is 4. The van der Waals surface area contributed by atoms with Crippen LogP contribution >= 0.6 is 0 Å². The Balaban J connectivity index is 2.30. The summed E-state index contributed by atoms with van der Waals surface area (Å²) in [5.74, 6) is -3.86. The third-order valence-corrected chi connectivity index (χ3v) is 6.88. The maximum atomic E-state index is 12.4. The van der Waals surface area contributed by atoms with E-state index in [0.717, 1.165) is 4.90 Å². The lowest BCUT2D eigenvalue weighted by Crippen LogP contribution is -2.64. The van der Waals surface area contributed by atoms with Crippen LogP contribution < -0.4 is 5.73 Å². The van der Waals surface area contributed by atoms with Gasteiger partial charge in [0.1, 0.15) is 18.6 Å². The van der Waals surface area contributed by atoms with Gasteiger partial charge in [0.15, 0.2) is 15.2 Å². The number of fused-ring (bicyclic) bond motifs is 1. The zero-order chi connectivity index (χ0) is 16.2. The maximum absolute atomic E-state index is 12.4. The molecule has 10 heteroatoms. The molecule has 9 nitrogen and oxygen atoms in total. The third kappa shape index (κ3) is 1.93. The molecule has 0 bridgehead atoms. The zero-order valence-electron chi connectivity index (χ0n) is 11.5. The Hall–Kier alpha value is -1.68. The smallest absolute Gasteiger partial charge is 0.328 e. The van der Waals surface area contributed by atoms with E-state index < -0.39 is 56.4 Å². The van der Waals surface area contributed by atoms with Crippen LogP contribution in [-0.2, 0) is 29.0 Å². The second kappa shape index (κ2) is 4.67. The van der Waals surface area contributed by atoms with Crippen molar-refractivity contribution in [1.82, 2.24) is 4.90 Å². The van der Waals surface area contributed by atoms with Gasteiger partial charge < -0.3 is 20.5 Å². The summed E-state index contributed by atoms with van der Waals surface area (Å²) in [7, 11) is -3.89. The van der Waals surface area contributed by atoms with Crippen LogP contribution in [0.4, 0.5) is 0 Å². The fraction of sp³-hybridized carbons (Fsp3) is 0.727. The second-order valence-electron chi connectivity index (χ2n) is 5.52. The molecular weight excluding hydrogens is 304 g/mol. The predicted molar refractivity (Wildman–Crippen MR) is 68.6 cm³/mol. The number of β-lactam (4-membered cyclic amide) rings is 1. The van der Waals surface area contributed by atoms with Crippen LogP contribution in [0.3, 0.4) is 0 Å². The van der Waals surface area contributed by atoms with E-state index in [9.17, 15) is 27.9 Å². The summed E-state index contributed by atoms with van der Waals surface area (Å²) in [6, 6.07) is -1.44. The molecule has 3 atom stereocenters. The quantitative estimate of drug-likeness (QED) is 0.444. The monoisotopic (exact) mass is 320 g/mol. The summed E-state index contributed by atoms with van der Waals surface area (Å²) in [4.78, 5) is 35.2. The van der Waals surface area contributed by atoms with Crippen molar-refractivity contribution in [1.29, 1.82) is 0 Å². The number of amides is 1. The van der Waals surface area contributed by atoms with Crippen LogP contribution in [0.1, 0.15) is 13.8 Å². The topological polar surface area (TPSA) is 144 Å². The lowest BCUT2D eigenvalue weighted by Gasteiger charge is -2.42. The van der Waals surface area contributed by atoms with Crippen molar-refractivity contribution in [3.05, 3.63) is 0 Å². The molecule has 3 N–H and O–H groups in total. The van der Waals surface area contributed by atoms with Crippen molar-refractivity contribution in [2.75, 3.05) is 13.2 Å². The van der Waals surface area contributed by atoms with E-state index >= 15 is 0 Å². The minimum absolute atomic E-state index is 0.384. The highest BCUT2D eigenvalue weighted by Crippen LogP contribution is 2.48. The predicted octanol–water partition coefficient (Wildman–Crippen LogP) is -2.07. The molecule has 2 saturated heterocycles. The Morgan fingerprint density at radius 3 is 2.48 bits per heavy atom. The molecule has 2 aliphatic heterocycles. The molecule has 0 spiro atoms. The van der Waals surface area contributed by atoms with E-state index in [1.807, 2.05) is 0 Å². The van der Waals surface area contributed by atoms with Crippen LogP contribution in [0, 0.1) is 5.92 Å². The molecule has 2 heterocycles. The zero-order valence-corrected chi connectivity index (χ0v) is 12.3. The minimum Gasteiger partial charge on any atom is -0.480 e. The van der Waals surface area contributed by atoms with Gasteiger partial charge in [-0.3, -0.25) is 9.59 Å². The summed E-state index contributed by atoms with van der Waals surface area (Å²) >= 11 is 0. The van der Waals surface area contributed by atoms with Gasteiger partial charge in [-0.15, -0.1) is 0 Å². The van der Waals surface area contributed by atoms with Crippen molar-refractivity contribution in [2.45, 2.75) is 30.0 Å². The summed E-state index contributed by atoms with van der Waals surface area (Å²) in [5, 5.41) is 7.93. The van der Waals surface area contributed by atoms with Gasteiger partial charge >= 0.3 is 11.9 Å². The molecule has 2 rings (SSSR count). The molecule has 0 aromatic rings. The lowest BCUT2D eigenvalue weighted by atomic mass is 9.92. The van der Waals surface area contributed by atoms with Crippen molar-refractivity contribution < 1.29 is 32.6 Å². The van der Waals surface area contributed by atoms with Gasteiger partial charge in [-0.25, -0.2) is 13.2 Å². The molecule has 118 valence electrons. The number of aliphatic carboxylic acids is 1. The summed E-state index contributed by atoms with van der Waals surface area (Å²) in [5.41, 5.74) is 5.05. The van der Waals surface area contributed by atoms with Gasteiger partial charge in [0.25, 0.3) is 0 Å². The Kier molecular flexibility index (Phi) is 3.49. The van der Waals surface area contributed by atoms with E-state index in [2.05, 4.69) is 0 Å². The summed E-state index contributed by atoms with van der Waals surface area (Å²) < 4.78 is 28.0. The van der Waals surface area contributed by atoms with Gasteiger partial charge in [0, 0.05) is 0 Å². The Morgan fingerprint density at radius 2 is 2.00 bits per heavy atom. The van der Waals surface area contributed by atoms with Crippen molar-refractivity contribution >= 4 is 27.7 Å². The van der Waals surface area contributed by atoms with Crippen LogP contribution in [0.5, 0.6) is 0 Å². The molecule has 0 aromatic carbocycles. The van der Waals surface area contributed by atoms with Crippen LogP contribution in [0.25, 0.3) is 0 Å². The molecule has 21 heavy (non-hydrogen) atoms. The summed E-state index contributed by atoms with van der Waals surface area (Å²) in [6.07, 6.45) is 0. The first-order valence-corrected chi connectivity index (χ1v) is 7.76. The first-order chi connectivity index (χ1) is 9.57. The maximum Gasteiger partial charge on any atom is 0.328 e. The number of carboxylic acids is 1. The molecule has 2 fully saturated rings. The van der Waals surface area contributed by atoms with Crippen molar-refractivity contribution in [3.63, 3.8) is 0 Å². The van der Waals surface area contributed by atoms with Gasteiger partial charge in [0.05, 0.1) is 11.3 Å². The van der Waals surface area contributed by atoms with E-state index in [1.54, 1.807) is 0 Å². The largest absolute Gasteiger partial charge is 0.480 e. The van der Waals surface area contributed by atoms with E-state index in [4.69, 9.17) is 10.5 Å². The number of esters is 1. The molecular formula is C11H16N2O7S. The lowest BCUT2D eigenvalue weighted by molar-refractivity contribution is -0.168. The Morgan fingerprint density at radius 1 is 1.43 bits per heavy atom. The van der Waals surface area contributed by atoms with E-state index in [-0.39, 0.29) is 6.54 Å². The molecule has 2 aliphatic rings. The summed E-state index contributed by atoms with van der Waals surface area (Å²) in [6.45, 7) is 1.74. The van der Waals surface area contributed by atoms with Gasteiger partial charge in [-0.05, 0) is 13.8 Å². The number of carbonyl (C=O) groups is 3. The average Bonchev–Trinajstić information content (AvgIpc) is 2.52. The highest BCUT2D eigenvalue weighted by molar-refractivity contribution is 7.93. The Bertz CT molecular complexity index is 612. The molecule has 0 aromatic heterocycles. The molecule has 0 radical (unpaired) electrons. The van der Waals surface area contributed by atoms with Gasteiger partial charge in [-0.1, -0.05) is 0 Å². The normalized spacial score (nSPS) is 32.2. The van der Waals surface area contributed by atoms with Crippen LogP contribution in [-0.4, -0.2) is 65.6 Å². The minimum atomic E-state index is -3.89. The van der Waals surface area contributed by atoms with E-state index in [1.165, 1.54) is 13.8 Å². The third-order valence-electron chi connectivity index (χ3n) is 4.00. The highest BCUT2D eigenvalue weighted by Gasteiger charge is 2.72. The number of nitrogens with two attached hydrogens (primary N) is 1. The Labute approximate surface area is 120 Å². The first kappa shape index (κ1) is 15.7. The molecule has 0 saturated carbocycles. The fourth-order valence-corrected chi connectivity index (χ4v) is 5.10. The number of carbonyl (C=O) groups excluding carboxylic acids is 2. The first-order valence-electron chi connectivity index (χ1n) is 6.21. The van der Waals surface area contributed by atoms with Gasteiger partial charge in [-0.2, -0.15) is 0 Å². The molecule has 0 aliphatic carbocycles. The van der Waals surface area contributed by atoms with Crippen LogP contribution in [0.15, 0.2) is 0 Å². The van der Waals surface area contributed by atoms with Crippen molar-refractivity contribution in [2.24, 2.45) is 11.7 Å². The SMILES string of the molecule is CC1(C)[C@H](C(=O)O)N2C(=O)[C@H](COC(=O)CN)[C@H]2S1(=O)=O. The fourth-order valence-electron chi connectivity index (χ4n) is 2.80. The van der Waals surface area contributed by atoms with Gasteiger partial charge in [0.2, 0.25) is 5.91 Å². The standard InChI is InChI=1S/C11H16N2O7S/c1-11(2)7(10(16)17)13-8(15)5(4-20-6(14)3-12)9(13)21(11,18)19/h5,7,9H,3-4,12H2,1-2H3,(H,16,17)/t5-,7-,9+/m0/s1. The second-order valence-corrected chi connectivity index (χ2v) is 8.14. The van der Waals surface area contributed by atoms with Crippen molar-refractivity contribution in [3.8, 4) is 0 Å². The number of sulfone groups is 1. The highest BCUT2D eigenvalue weighted by atomic mass is 32.2. The average molecular weight is 320 g/mol. The van der Waals surface area contributed by atoms with Crippen LogP contribution in [0.2, 0.25) is 0 Å². The molecule has 1 amide bonds. The number of hydrogen-bond donors (Lipinski definition) is 2. The number of carboxylic acid groups (broad SMARTS) is 1. The molecule has 0 unspecified atom stereocenters. The van der Waals surface area contributed by atoms with E-state index in [0.29, 0.717) is 0 Å². The number of hydrogen-bond acceptors (Lipinski definition) is 7. The number of ether oxygens (including phenoxy) is 1.